The predicted octanol–water partition coefficient (Wildman–Crippen LogP) is 5.27. The average molecular weight is 643 g/mol. The second kappa shape index (κ2) is 17.9. The van der Waals surface area contributed by atoms with Crippen LogP contribution in [0, 0.1) is 11.8 Å². The van der Waals surface area contributed by atoms with Crippen molar-refractivity contribution < 1.29 is 43.2 Å². The number of benzene rings is 3. The van der Waals surface area contributed by atoms with Crippen LogP contribution >= 0.6 is 0 Å². The van der Waals surface area contributed by atoms with Gasteiger partial charge in [0.1, 0.15) is 6.10 Å². The van der Waals surface area contributed by atoms with Crippen LogP contribution in [0.15, 0.2) is 116 Å². The molecular formula is C38H42O9. The van der Waals surface area contributed by atoms with Gasteiger partial charge in [-0.25, -0.2) is 4.79 Å². The number of rotatable bonds is 16. The molecule has 9 heteroatoms. The maximum atomic E-state index is 13.9. The van der Waals surface area contributed by atoms with Crippen molar-refractivity contribution in [1.29, 1.82) is 0 Å². The lowest BCUT2D eigenvalue weighted by Crippen LogP contribution is -2.63. The number of hydrogen-bond acceptors (Lipinski definition) is 9. The van der Waals surface area contributed by atoms with Gasteiger partial charge in [0.25, 0.3) is 0 Å². The molecule has 0 amide bonds. The minimum atomic E-state index is -1.39. The van der Waals surface area contributed by atoms with E-state index in [0.717, 1.165) is 11.1 Å². The third-order valence-electron chi connectivity index (χ3n) is 7.98. The Morgan fingerprint density at radius 1 is 0.723 bits per heavy atom. The number of carbonyl (C=O) groups excluding carboxylic acids is 3. The van der Waals surface area contributed by atoms with Gasteiger partial charge >= 0.3 is 17.9 Å². The van der Waals surface area contributed by atoms with E-state index in [0.29, 0.717) is 25.7 Å². The quantitative estimate of drug-likeness (QED) is 0.127. The maximum Gasteiger partial charge on any atom is 0.338 e. The number of allylic oxidation sites excluding steroid dienone is 2. The van der Waals surface area contributed by atoms with Gasteiger partial charge in [0.2, 0.25) is 0 Å². The van der Waals surface area contributed by atoms with E-state index in [-0.39, 0.29) is 5.56 Å². The molecule has 0 bridgehead atoms. The zero-order valence-corrected chi connectivity index (χ0v) is 26.5. The van der Waals surface area contributed by atoms with E-state index >= 15 is 0 Å². The fourth-order valence-electron chi connectivity index (χ4n) is 5.57. The lowest BCUT2D eigenvalue weighted by atomic mass is 9.94. The molecule has 0 aliphatic carbocycles. The highest BCUT2D eigenvalue weighted by Gasteiger charge is 2.53. The molecule has 0 aromatic heterocycles. The van der Waals surface area contributed by atoms with E-state index in [1.54, 1.807) is 42.5 Å². The Kier molecular flexibility index (Phi) is 13.5. The minimum Gasteiger partial charge on any atom is -0.454 e. The number of ether oxygens (including phenoxy) is 5. The second-order valence-electron chi connectivity index (χ2n) is 11.3. The molecule has 1 aliphatic rings. The molecule has 1 saturated heterocycles. The van der Waals surface area contributed by atoms with E-state index in [9.17, 15) is 19.5 Å². The highest BCUT2D eigenvalue weighted by atomic mass is 16.7. The summed E-state index contributed by atoms with van der Waals surface area (Å²) in [5.74, 6) is -3.25. The number of aliphatic hydroxyl groups is 1. The van der Waals surface area contributed by atoms with Gasteiger partial charge in [-0.05, 0) is 48.9 Å². The van der Waals surface area contributed by atoms with Crippen LogP contribution in [-0.2, 0) is 46.1 Å². The zero-order valence-electron chi connectivity index (χ0n) is 26.5. The SMILES string of the molecule is C=CC[C@@H](Cc1ccccc1)C(=O)O[C@@H]1[C@H](OC(=O)[C@@H](CC=C)Cc2ccccc2)[C@@H](OC)O[C@H](CO)[C@H]1OC(=O)c1ccccc1. The minimum absolute atomic E-state index is 0.235. The van der Waals surface area contributed by atoms with Crippen LogP contribution in [0.3, 0.4) is 0 Å². The first-order chi connectivity index (χ1) is 22.9. The summed E-state index contributed by atoms with van der Waals surface area (Å²) in [6.45, 7) is 7.01. The van der Waals surface area contributed by atoms with Crippen molar-refractivity contribution >= 4 is 17.9 Å². The normalized spacial score (nSPS) is 21.9. The van der Waals surface area contributed by atoms with Gasteiger partial charge in [0, 0.05) is 7.11 Å². The first-order valence-electron chi connectivity index (χ1n) is 15.6. The Morgan fingerprint density at radius 2 is 1.19 bits per heavy atom. The molecule has 47 heavy (non-hydrogen) atoms. The fraction of sp³-hybridized carbons (Fsp3) is 0.342. The molecule has 4 rings (SSSR count). The maximum absolute atomic E-state index is 13.9. The second-order valence-corrected chi connectivity index (χ2v) is 11.3. The van der Waals surface area contributed by atoms with Crippen molar-refractivity contribution in [2.45, 2.75) is 56.4 Å². The monoisotopic (exact) mass is 642 g/mol. The summed E-state index contributed by atoms with van der Waals surface area (Å²) < 4.78 is 29.6. The van der Waals surface area contributed by atoms with Gasteiger partial charge in [-0.15, -0.1) is 13.2 Å². The van der Waals surface area contributed by atoms with Crippen LogP contribution in [0.1, 0.15) is 34.3 Å². The number of carbonyl (C=O) groups is 3. The van der Waals surface area contributed by atoms with Crippen LogP contribution in [-0.4, -0.2) is 67.4 Å². The summed E-state index contributed by atoms with van der Waals surface area (Å²) in [6, 6.07) is 27.2. The third kappa shape index (κ3) is 9.71. The summed E-state index contributed by atoms with van der Waals surface area (Å²) in [5.41, 5.74) is 2.07. The molecule has 0 radical (unpaired) electrons. The van der Waals surface area contributed by atoms with Crippen LogP contribution in [0.2, 0.25) is 0 Å². The Hall–Kier alpha value is -4.57. The molecule has 248 valence electrons. The molecule has 7 atom stereocenters. The molecule has 1 fully saturated rings. The van der Waals surface area contributed by atoms with E-state index < -0.39 is 67.1 Å². The molecule has 0 saturated carbocycles. The van der Waals surface area contributed by atoms with Crippen molar-refractivity contribution in [1.82, 2.24) is 0 Å². The number of methoxy groups -OCH3 is 1. The molecule has 1 heterocycles. The first kappa shape index (κ1) is 35.3. The largest absolute Gasteiger partial charge is 0.454 e. The van der Waals surface area contributed by atoms with Gasteiger partial charge in [-0.1, -0.05) is 91.0 Å². The van der Waals surface area contributed by atoms with E-state index in [4.69, 9.17) is 23.7 Å². The summed E-state index contributed by atoms with van der Waals surface area (Å²) in [5, 5.41) is 10.3. The Balaban J connectivity index is 1.68. The standard InChI is InChI=1S/C38H42O9/c1-4-15-29(23-26-17-9-6-10-18-26)36(41)46-33-32(45-35(40)28-21-13-8-14-22-28)31(25-39)44-38(43-3)34(33)47-37(42)30(16-5-2)24-27-19-11-7-12-20-27/h4-14,17-22,29-34,38-39H,1-2,15-16,23-25H2,3H3/t29-,30-,31+,32+,33-,34-,38-/m0/s1. The summed E-state index contributed by atoms with van der Waals surface area (Å²) >= 11 is 0. The summed E-state index contributed by atoms with van der Waals surface area (Å²) in [6.07, 6.45) is -1.93. The van der Waals surface area contributed by atoms with Crippen LogP contribution < -0.4 is 0 Å². The smallest absolute Gasteiger partial charge is 0.338 e. The average Bonchev–Trinajstić information content (AvgIpc) is 3.10. The van der Waals surface area contributed by atoms with E-state index in [2.05, 4.69) is 13.2 Å². The highest BCUT2D eigenvalue weighted by Crippen LogP contribution is 2.32. The van der Waals surface area contributed by atoms with Crippen molar-refractivity contribution in [2.24, 2.45) is 11.8 Å². The number of hydrogen-bond donors (Lipinski definition) is 1. The van der Waals surface area contributed by atoms with Gasteiger partial charge in [-0.3, -0.25) is 9.59 Å². The van der Waals surface area contributed by atoms with Crippen molar-refractivity contribution in [3.63, 3.8) is 0 Å². The van der Waals surface area contributed by atoms with Gasteiger partial charge in [-0.2, -0.15) is 0 Å². The Morgan fingerprint density at radius 3 is 1.64 bits per heavy atom. The van der Waals surface area contributed by atoms with Gasteiger partial charge < -0.3 is 28.8 Å². The number of aliphatic hydroxyl groups excluding tert-OH is 1. The van der Waals surface area contributed by atoms with E-state index in [1.165, 1.54) is 7.11 Å². The fourth-order valence-corrected chi connectivity index (χ4v) is 5.57. The zero-order chi connectivity index (χ0) is 33.6. The third-order valence-corrected chi connectivity index (χ3v) is 7.98. The lowest BCUT2D eigenvalue weighted by molar-refractivity contribution is -0.301. The number of esters is 3. The lowest BCUT2D eigenvalue weighted by Gasteiger charge is -2.44. The van der Waals surface area contributed by atoms with Gasteiger partial charge in [0.05, 0.1) is 24.0 Å². The van der Waals surface area contributed by atoms with Crippen LogP contribution in [0.4, 0.5) is 0 Å². The molecule has 1 aliphatic heterocycles. The molecule has 1 N–H and O–H groups in total. The topological polar surface area (TPSA) is 118 Å². The molecule has 3 aromatic carbocycles. The van der Waals surface area contributed by atoms with Crippen molar-refractivity contribution in [3.05, 3.63) is 133 Å². The molecule has 9 nitrogen and oxygen atoms in total. The van der Waals surface area contributed by atoms with Crippen molar-refractivity contribution in [3.8, 4) is 0 Å². The molecular weight excluding hydrogens is 600 g/mol. The summed E-state index contributed by atoms with van der Waals surface area (Å²) in [7, 11) is 1.34. The highest BCUT2D eigenvalue weighted by molar-refractivity contribution is 5.89. The summed E-state index contributed by atoms with van der Waals surface area (Å²) in [4.78, 5) is 41.0. The van der Waals surface area contributed by atoms with Crippen LogP contribution in [0.5, 0.6) is 0 Å². The predicted molar refractivity (Wildman–Crippen MR) is 175 cm³/mol. The van der Waals surface area contributed by atoms with Gasteiger partial charge in [0.15, 0.2) is 24.6 Å². The van der Waals surface area contributed by atoms with Crippen LogP contribution in [0.25, 0.3) is 0 Å². The molecule has 3 aromatic rings. The Labute approximate surface area is 275 Å². The first-order valence-corrected chi connectivity index (χ1v) is 15.6. The van der Waals surface area contributed by atoms with E-state index in [1.807, 2.05) is 60.7 Å². The van der Waals surface area contributed by atoms with Crippen molar-refractivity contribution in [2.75, 3.05) is 13.7 Å². The molecule has 0 unspecified atom stereocenters. The molecule has 0 spiro atoms. The Bertz CT molecular complexity index is 1440.